The molecule has 1 aliphatic rings. The van der Waals surface area contributed by atoms with Crippen LogP contribution in [0.5, 0.6) is 0 Å². The molecule has 0 saturated carbocycles. The molecule has 0 aromatic carbocycles. The monoisotopic (exact) mass is 350 g/mol. The van der Waals surface area contributed by atoms with Crippen molar-refractivity contribution in [2.75, 3.05) is 32.1 Å². The normalized spacial score (nSPS) is 15.0. The van der Waals surface area contributed by atoms with Gasteiger partial charge in [-0.05, 0) is 26.0 Å². The average Bonchev–Trinajstić information content (AvgIpc) is 2.92. The van der Waals surface area contributed by atoms with E-state index >= 15 is 0 Å². The van der Waals surface area contributed by atoms with Crippen LogP contribution in [0, 0.1) is 13.8 Å². The third-order valence-corrected chi connectivity index (χ3v) is 5.48. The van der Waals surface area contributed by atoms with Crippen molar-refractivity contribution in [3.8, 4) is 10.6 Å². The Morgan fingerprint density at radius 3 is 2.70 bits per heavy atom. The number of morpholine rings is 1. The highest BCUT2D eigenvalue weighted by atomic mass is 32.2. The van der Waals surface area contributed by atoms with E-state index in [0.717, 1.165) is 26.3 Å². The number of hydrogen-bond donors (Lipinski definition) is 0. The summed E-state index contributed by atoms with van der Waals surface area (Å²) in [6.45, 7) is 6.55. The highest BCUT2D eigenvalue weighted by Gasteiger charge is 2.17. The van der Waals surface area contributed by atoms with E-state index in [1.54, 1.807) is 11.3 Å². The van der Waals surface area contributed by atoms with Gasteiger partial charge in [-0.15, -0.1) is 21.5 Å². The van der Waals surface area contributed by atoms with E-state index in [1.807, 2.05) is 30.9 Å². The van der Waals surface area contributed by atoms with Gasteiger partial charge in [-0.2, -0.15) is 0 Å². The molecule has 0 atom stereocenters. The van der Waals surface area contributed by atoms with Gasteiger partial charge in [0.2, 0.25) is 5.91 Å². The number of aryl methyl sites for hydroxylation is 2. The summed E-state index contributed by atoms with van der Waals surface area (Å²) < 4.78 is 5.25. The first-order valence-corrected chi connectivity index (χ1v) is 9.20. The summed E-state index contributed by atoms with van der Waals surface area (Å²) in [5.74, 6) is 0.505. The molecule has 2 aromatic rings. The smallest absolute Gasteiger partial charge is 0.233 e. The van der Waals surface area contributed by atoms with Crippen LogP contribution in [-0.2, 0) is 9.53 Å². The van der Waals surface area contributed by atoms with Crippen LogP contribution >= 0.6 is 23.1 Å². The fourth-order valence-corrected chi connectivity index (χ4v) is 3.93. The van der Waals surface area contributed by atoms with Gasteiger partial charge in [0.25, 0.3) is 0 Å². The van der Waals surface area contributed by atoms with Crippen LogP contribution in [0.1, 0.15) is 10.7 Å². The molecule has 6 nitrogen and oxygen atoms in total. The van der Waals surface area contributed by atoms with Crippen LogP contribution in [-0.4, -0.2) is 58.0 Å². The Morgan fingerprint density at radius 1 is 1.30 bits per heavy atom. The van der Waals surface area contributed by atoms with Gasteiger partial charge in [0, 0.05) is 13.1 Å². The van der Waals surface area contributed by atoms with Crippen LogP contribution < -0.4 is 0 Å². The molecule has 3 rings (SSSR count). The number of thiazole rings is 1. The largest absolute Gasteiger partial charge is 0.378 e. The van der Waals surface area contributed by atoms with Crippen LogP contribution in [0.25, 0.3) is 10.6 Å². The Hall–Kier alpha value is -1.51. The Labute approximate surface area is 143 Å². The number of amides is 1. The molecule has 0 bridgehead atoms. The Kier molecular flexibility index (Phi) is 5.24. The minimum Gasteiger partial charge on any atom is -0.378 e. The third-order valence-electron chi connectivity index (χ3n) is 3.48. The first-order valence-electron chi connectivity index (χ1n) is 7.40. The number of carbonyl (C=O) groups is 1. The molecule has 0 N–H and O–H groups in total. The summed E-state index contributed by atoms with van der Waals surface area (Å²) in [5, 5.41) is 10.3. The summed E-state index contributed by atoms with van der Waals surface area (Å²) in [4.78, 5) is 19.4. The average molecular weight is 350 g/mol. The van der Waals surface area contributed by atoms with Crippen LogP contribution in [0.3, 0.4) is 0 Å². The number of ether oxygens (including phenoxy) is 1. The molecule has 23 heavy (non-hydrogen) atoms. The van der Waals surface area contributed by atoms with E-state index in [9.17, 15) is 4.79 Å². The van der Waals surface area contributed by atoms with Gasteiger partial charge in [0.15, 0.2) is 0 Å². The van der Waals surface area contributed by atoms with E-state index in [-0.39, 0.29) is 5.91 Å². The van der Waals surface area contributed by atoms with Gasteiger partial charge >= 0.3 is 0 Å². The summed E-state index contributed by atoms with van der Waals surface area (Å²) >= 11 is 3.03. The lowest BCUT2D eigenvalue weighted by Crippen LogP contribution is -2.41. The quantitative estimate of drug-likeness (QED) is 0.787. The van der Waals surface area contributed by atoms with E-state index in [2.05, 4.69) is 15.2 Å². The van der Waals surface area contributed by atoms with Gasteiger partial charge in [0.1, 0.15) is 10.7 Å². The van der Waals surface area contributed by atoms with Gasteiger partial charge in [-0.25, -0.2) is 4.98 Å². The number of thioether (sulfide) groups is 1. The van der Waals surface area contributed by atoms with E-state index < -0.39 is 0 Å². The number of carbonyl (C=O) groups excluding carboxylic acids is 1. The van der Waals surface area contributed by atoms with Crippen LogP contribution in [0.2, 0.25) is 0 Å². The third kappa shape index (κ3) is 4.07. The zero-order valence-electron chi connectivity index (χ0n) is 13.1. The minimum atomic E-state index is 0.123. The van der Waals surface area contributed by atoms with E-state index in [0.29, 0.717) is 32.1 Å². The summed E-state index contributed by atoms with van der Waals surface area (Å²) in [7, 11) is 0. The number of aromatic nitrogens is 3. The molecule has 8 heteroatoms. The Balaban J connectivity index is 1.59. The summed E-state index contributed by atoms with van der Waals surface area (Å²) in [6, 6.07) is 3.85. The van der Waals surface area contributed by atoms with Crippen molar-refractivity contribution < 1.29 is 9.53 Å². The van der Waals surface area contributed by atoms with Crippen molar-refractivity contribution >= 4 is 29.0 Å². The van der Waals surface area contributed by atoms with Crippen molar-refractivity contribution in [2.24, 2.45) is 0 Å². The molecule has 1 saturated heterocycles. The molecule has 1 amide bonds. The zero-order chi connectivity index (χ0) is 16.2. The molecule has 0 spiro atoms. The topological polar surface area (TPSA) is 68.2 Å². The van der Waals surface area contributed by atoms with Gasteiger partial charge < -0.3 is 9.64 Å². The van der Waals surface area contributed by atoms with E-state index in [4.69, 9.17) is 4.74 Å². The number of hydrogen-bond acceptors (Lipinski definition) is 7. The van der Waals surface area contributed by atoms with Gasteiger partial charge in [-0.1, -0.05) is 11.8 Å². The molecule has 3 heterocycles. The molecular formula is C15H18N4O2S2. The standard InChI is InChI=1S/C15H18N4O2S2/c1-10-15(23-11(2)16-10)12-3-4-13(18-17-12)22-9-14(20)19-5-7-21-8-6-19/h3-4H,5-9H2,1-2H3. The first-order chi connectivity index (χ1) is 11.1. The fraction of sp³-hybridized carbons (Fsp3) is 0.467. The van der Waals surface area contributed by atoms with Gasteiger partial charge in [0.05, 0.1) is 34.5 Å². The summed E-state index contributed by atoms with van der Waals surface area (Å²) in [6.07, 6.45) is 0. The van der Waals surface area contributed by atoms with Crippen molar-refractivity contribution in [1.29, 1.82) is 0 Å². The number of rotatable bonds is 4. The van der Waals surface area contributed by atoms with Crippen LogP contribution in [0.4, 0.5) is 0 Å². The second-order valence-electron chi connectivity index (χ2n) is 5.19. The second kappa shape index (κ2) is 7.37. The number of nitrogens with zero attached hydrogens (tertiary/aromatic N) is 4. The Bertz CT molecular complexity index is 681. The van der Waals surface area contributed by atoms with Crippen molar-refractivity contribution in [3.63, 3.8) is 0 Å². The van der Waals surface area contributed by atoms with Crippen molar-refractivity contribution in [1.82, 2.24) is 20.1 Å². The second-order valence-corrected chi connectivity index (χ2v) is 7.38. The van der Waals surface area contributed by atoms with Crippen molar-refractivity contribution in [2.45, 2.75) is 18.9 Å². The predicted octanol–water partition coefficient (Wildman–Crippen LogP) is 2.17. The molecule has 0 radical (unpaired) electrons. The maximum absolute atomic E-state index is 12.1. The molecule has 1 aliphatic heterocycles. The lowest BCUT2D eigenvalue weighted by molar-refractivity contribution is -0.132. The predicted molar refractivity (Wildman–Crippen MR) is 90.7 cm³/mol. The Morgan fingerprint density at radius 2 is 2.09 bits per heavy atom. The fourth-order valence-electron chi connectivity index (χ4n) is 2.33. The minimum absolute atomic E-state index is 0.123. The highest BCUT2D eigenvalue weighted by Crippen LogP contribution is 2.28. The SMILES string of the molecule is Cc1nc(C)c(-c2ccc(SCC(=O)N3CCOCC3)nn2)s1. The molecule has 0 unspecified atom stereocenters. The molecule has 0 aliphatic carbocycles. The zero-order valence-corrected chi connectivity index (χ0v) is 14.7. The maximum atomic E-state index is 12.1. The lowest BCUT2D eigenvalue weighted by Gasteiger charge is -2.26. The lowest BCUT2D eigenvalue weighted by atomic mass is 10.3. The highest BCUT2D eigenvalue weighted by molar-refractivity contribution is 7.99. The molecule has 122 valence electrons. The maximum Gasteiger partial charge on any atom is 0.233 e. The van der Waals surface area contributed by atoms with Crippen molar-refractivity contribution in [3.05, 3.63) is 22.8 Å². The molecule has 2 aromatic heterocycles. The van der Waals surface area contributed by atoms with Crippen LogP contribution in [0.15, 0.2) is 17.2 Å². The van der Waals surface area contributed by atoms with Gasteiger partial charge in [-0.3, -0.25) is 4.79 Å². The van der Waals surface area contributed by atoms with E-state index in [1.165, 1.54) is 11.8 Å². The summed E-state index contributed by atoms with van der Waals surface area (Å²) in [5.41, 5.74) is 1.81. The molecule has 1 fully saturated rings. The molecular weight excluding hydrogens is 332 g/mol. The first kappa shape index (κ1) is 16.4.